The van der Waals surface area contributed by atoms with E-state index in [0.29, 0.717) is 4.34 Å². The number of halogens is 1. The van der Waals surface area contributed by atoms with Gasteiger partial charge in [0.15, 0.2) is 9.84 Å². The van der Waals surface area contributed by atoms with Gasteiger partial charge in [-0.15, -0.1) is 11.3 Å². The Labute approximate surface area is 86.4 Å². The number of rotatable bonds is 4. The van der Waals surface area contributed by atoms with Gasteiger partial charge in [0.2, 0.25) is 0 Å². The standard InChI is InChI=1S/C7H10ClNO2S2/c8-7-2-1-6(12-7)5-13(10,11)4-3-9/h1-2H,3-5,9H2. The highest BCUT2D eigenvalue weighted by Crippen LogP contribution is 2.23. The van der Waals surface area contributed by atoms with E-state index < -0.39 is 9.84 Å². The molecule has 0 aliphatic carbocycles. The second-order valence-corrected chi connectivity index (χ2v) is 6.57. The fourth-order valence-corrected chi connectivity index (χ4v) is 3.59. The van der Waals surface area contributed by atoms with E-state index in [1.807, 2.05) is 0 Å². The molecular formula is C7H10ClNO2S2. The molecule has 3 nitrogen and oxygen atoms in total. The van der Waals surface area contributed by atoms with Crippen LogP contribution < -0.4 is 5.73 Å². The van der Waals surface area contributed by atoms with E-state index in [1.54, 1.807) is 12.1 Å². The normalized spacial score (nSPS) is 11.8. The predicted molar refractivity (Wildman–Crippen MR) is 55.9 cm³/mol. The Morgan fingerprint density at radius 3 is 2.62 bits per heavy atom. The summed E-state index contributed by atoms with van der Waals surface area (Å²) in [5.41, 5.74) is 5.17. The first-order chi connectivity index (χ1) is 6.03. The van der Waals surface area contributed by atoms with Gasteiger partial charge >= 0.3 is 0 Å². The molecule has 2 N–H and O–H groups in total. The quantitative estimate of drug-likeness (QED) is 0.861. The zero-order valence-corrected chi connectivity index (χ0v) is 9.25. The number of thiophene rings is 1. The fourth-order valence-electron chi connectivity index (χ4n) is 0.898. The molecule has 0 amide bonds. The van der Waals surface area contributed by atoms with Crippen molar-refractivity contribution in [3.05, 3.63) is 21.3 Å². The van der Waals surface area contributed by atoms with Crippen molar-refractivity contribution in [2.45, 2.75) is 5.75 Å². The summed E-state index contributed by atoms with van der Waals surface area (Å²) in [5.74, 6) is 0.0735. The zero-order chi connectivity index (χ0) is 9.90. The summed E-state index contributed by atoms with van der Waals surface area (Å²) in [6, 6.07) is 3.42. The first-order valence-corrected chi connectivity index (χ1v) is 6.70. The van der Waals surface area contributed by atoms with Crippen molar-refractivity contribution in [1.29, 1.82) is 0 Å². The third kappa shape index (κ3) is 3.64. The van der Waals surface area contributed by atoms with Crippen LogP contribution in [0.4, 0.5) is 0 Å². The summed E-state index contributed by atoms with van der Waals surface area (Å²) in [7, 11) is -3.04. The van der Waals surface area contributed by atoms with Crippen LogP contribution in [-0.2, 0) is 15.6 Å². The summed E-state index contributed by atoms with van der Waals surface area (Å²) in [6.45, 7) is 0.168. The topological polar surface area (TPSA) is 60.2 Å². The Hall–Kier alpha value is -0.100. The van der Waals surface area contributed by atoms with Gasteiger partial charge in [0.1, 0.15) is 0 Å². The van der Waals surface area contributed by atoms with E-state index >= 15 is 0 Å². The molecule has 0 spiro atoms. The maximum Gasteiger partial charge on any atom is 0.156 e. The third-order valence-electron chi connectivity index (χ3n) is 1.42. The van der Waals surface area contributed by atoms with Gasteiger partial charge in [0.25, 0.3) is 0 Å². The number of nitrogens with two attached hydrogens (primary N) is 1. The van der Waals surface area contributed by atoms with E-state index in [-0.39, 0.29) is 18.1 Å². The molecule has 1 aromatic heterocycles. The van der Waals surface area contributed by atoms with Gasteiger partial charge in [-0.2, -0.15) is 0 Å². The van der Waals surface area contributed by atoms with Gasteiger partial charge in [-0.1, -0.05) is 11.6 Å². The van der Waals surface area contributed by atoms with Gasteiger partial charge in [-0.05, 0) is 12.1 Å². The molecule has 0 atom stereocenters. The lowest BCUT2D eigenvalue weighted by Crippen LogP contribution is -2.16. The number of sulfone groups is 1. The molecule has 1 rings (SSSR count). The molecule has 0 saturated heterocycles. The highest BCUT2D eigenvalue weighted by molar-refractivity contribution is 7.90. The molecule has 0 aromatic carbocycles. The van der Waals surface area contributed by atoms with Crippen molar-refractivity contribution in [2.75, 3.05) is 12.3 Å². The summed E-state index contributed by atoms with van der Waals surface area (Å²) in [6.07, 6.45) is 0. The molecule has 0 unspecified atom stereocenters. The molecule has 0 bridgehead atoms. The monoisotopic (exact) mass is 239 g/mol. The minimum atomic E-state index is -3.04. The summed E-state index contributed by atoms with van der Waals surface area (Å²) >= 11 is 6.95. The maximum absolute atomic E-state index is 11.3. The first kappa shape index (κ1) is 11.0. The molecule has 1 aromatic rings. The first-order valence-electron chi connectivity index (χ1n) is 3.68. The largest absolute Gasteiger partial charge is 0.329 e. The Kier molecular flexibility index (Phi) is 3.73. The van der Waals surface area contributed by atoms with Crippen LogP contribution in [0.3, 0.4) is 0 Å². The number of hydrogen-bond donors (Lipinski definition) is 1. The lowest BCUT2D eigenvalue weighted by molar-refractivity contribution is 0.595. The van der Waals surface area contributed by atoms with Crippen LogP contribution in [0.25, 0.3) is 0 Å². The van der Waals surface area contributed by atoms with Crippen LogP contribution in [0.5, 0.6) is 0 Å². The van der Waals surface area contributed by atoms with E-state index in [1.165, 1.54) is 11.3 Å². The van der Waals surface area contributed by atoms with Crippen LogP contribution in [0.1, 0.15) is 4.88 Å². The fraction of sp³-hybridized carbons (Fsp3) is 0.429. The van der Waals surface area contributed by atoms with E-state index in [9.17, 15) is 8.42 Å². The van der Waals surface area contributed by atoms with E-state index in [4.69, 9.17) is 17.3 Å². The van der Waals surface area contributed by atoms with Crippen LogP contribution in [0, 0.1) is 0 Å². The molecule has 0 aliphatic heterocycles. The van der Waals surface area contributed by atoms with Crippen molar-refractivity contribution in [3.63, 3.8) is 0 Å². The lowest BCUT2D eigenvalue weighted by atomic mass is 10.5. The molecule has 74 valence electrons. The van der Waals surface area contributed by atoms with Crippen molar-refractivity contribution < 1.29 is 8.42 Å². The molecule has 1 heterocycles. The predicted octanol–water partition coefficient (Wildman–Crippen LogP) is 1.28. The maximum atomic E-state index is 11.3. The van der Waals surface area contributed by atoms with Crippen molar-refractivity contribution >= 4 is 32.8 Å². The zero-order valence-electron chi connectivity index (χ0n) is 6.86. The summed E-state index contributed by atoms with van der Waals surface area (Å²) in [5, 5.41) is 0. The van der Waals surface area contributed by atoms with Crippen molar-refractivity contribution in [1.82, 2.24) is 0 Å². The molecule has 0 saturated carbocycles. The van der Waals surface area contributed by atoms with Crippen molar-refractivity contribution in [2.24, 2.45) is 5.73 Å². The average Bonchev–Trinajstić information content (AvgIpc) is 2.34. The highest BCUT2D eigenvalue weighted by atomic mass is 35.5. The highest BCUT2D eigenvalue weighted by Gasteiger charge is 2.11. The number of hydrogen-bond acceptors (Lipinski definition) is 4. The molecule has 0 fully saturated rings. The lowest BCUT2D eigenvalue weighted by Gasteiger charge is -1.98. The Morgan fingerprint density at radius 2 is 2.15 bits per heavy atom. The van der Waals surface area contributed by atoms with Gasteiger partial charge < -0.3 is 5.73 Å². The summed E-state index contributed by atoms with van der Waals surface area (Å²) < 4.78 is 23.2. The van der Waals surface area contributed by atoms with Crippen LogP contribution >= 0.6 is 22.9 Å². The van der Waals surface area contributed by atoms with Crippen LogP contribution in [-0.4, -0.2) is 20.7 Å². The molecule has 13 heavy (non-hydrogen) atoms. The van der Waals surface area contributed by atoms with Gasteiger partial charge in [-0.25, -0.2) is 8.42 Å². The average molecular weight is 240 g/mol. The van der Waals surface area contributed by atoms with Crippen LogP contribution in [0.2, 0.25) is 4.34 Å². The molecular weight excluding hydrogens is 230 g/mol. The second-order valence-electron chi connectivity index (χ2n) is 2.59. The minimum absolute atomic E-state index is 0.0303. The smallest absolute Gasteiger partial charge is 0.156 e. The molecule has 0 radical (unpaired) electrons. The Bertz CT molecular complexity index is 372. The van der Waals surface area contributed by atoms with Gasteiger partial charge in [0, 0.05) is 11.4 Å². The van der Waals surface area contributed by atoms with Gasteiger partial charge in [-0.3, -0.25) is 0 Å². The summed E-state index contributed by atoms with van der Waals surface area (Å²) in [4.78, 5) is 0.762. The van der Waals surface area contributed by atoms with Crippen molar-refractivity contribution in [3.8, 4) is 0 Å². The second kappa shape index (κ2) is 4.41. The minimum Gasteiger partial charge on any atom is -0.329 e. The third-order valence-corrected chi connectivity index (χ3v) is 4.44. The van der Waals surface area contributed by atoms with E-state index in [0.717, 1.165) is 4.88 Å². The van der Waals surface area contributed by atoms with E-state index in [2.05, 4.69) is 0 Å². The molecule has 6 heteroatoms. The Balaban J connectivity index is 2.69. The SMILES string of the molecule is NCCS(=O)(=O)Cc1ccc(Cl)s1. The Morgan fingerprint density at radius 1 is 1.46 bits per heavy atom. The molecule has 0 aliphatic rings. The van der Waals surface area contributed by atoms with Crippen LogP contribution in [0.15, 0.2) is 12.1 Å². The van der Waals surface area contributed by atoms with Gasteiger partial charge in [0.05, 0.1) is 15.8 Å².